The fourth-order valence-electron chi connectivity index (χ4n) is 1.08. The molecule has 0 atom stereocenters. The predicted molar refractivity (Wildman–Crippen MR) is 61.2 cm³/mol. The molecule has 0 unspecified atom stereocenters. The lowest BCUT2D eigenvalue weighted by atomic mass is 10.4. The summed E-state index contributed by atoms with van der Waals surface area (Å²) in [4.78, 5) is 15.4. The number of hydrogen-bond donors (Lipinski definition) is 0. The fourth-order valence-corrected chi connectivity index (χ4v) is 1.63. The molecule has 8 heteroatoms. The zero-order valence-corrected chi connectivity index (χ0v) is 10.2. The van der Waals surface area contributed by atoms with Gasteiger partial charge in [-0.3, -0.25) is 0 Å². The highest BCUT2D eigenvalue weighted by Gasteiger charge is 2.21. The minimum absolute atomic E-state index is 0.113. The summed E-state index contributed by atoms with van der Waals surface area (Å²) >= 11 is 0. The molecular weight excluding hydrogens is 255 g/mol. The van der Waals surface area contributed by atoms with Crippen LogP contribution in [0.15, 0.2) is 37.2 Å². The maximum atomic E-state index is 11.4. The van der Waals surface area contributed by atoms with Gasteiger partial charge in [-0.05, 0) is 12.1 Å². The van der Waals surface area contributed by atoms with Crippen molar-refractivity contribution in [3.05, 3.63) is 48.6 Å². The Hall–Kier alpha value is -1.82. The number of aromatic nitrogens is 4. The van der Waals surface area contributed by atoms with Gasteiger partial charge in [-0.2, -0.15) is 0 Å². The van der Waals surface area contributed by atoms with Gasteiger partial charge >= 0.3 is 8.25 Å². The normalized spacial score (nSPS) is 10.2. The second-order valence-corrected chi connectivity index (χ2v) is 4.14. The first kappa shape index (κ1) is 12.6. The Bertz CT molecular complexity index is 451. The van der Waals surface area contributed by atoms with Crippen LogP contribution in [0.2, 0.25) is 0 Å². The molecule has 2 aromatic rings. The molecule has 0 radical (unpaired) electrons. The Kier molecular flexibility index (Phi) is 4.78. The summed E-state index contributed by atoms with van der Waals surface area (Å²) in [6, 6.07) is 3.35. The van der Waals surface area contributed by atoms with E-state index in [9.17, 15) is 4.57 Å². The largest absolute Gasteiger partial charge is 0.698 e. The standard InChI is InChI=1S/C10H10N4O3P/c15-18(16-5-9-1-3-11-7-13-9)17-6-10-2-4-12-8-14-10/h1-4,7-8H,5-6H2/q+1. The van der Waals surface area contributed by atoms with E-state index in [1.165, 1.54) is 12.7 Å². The lowest BCUT2D eigenvalue weighted by Crippen LogP contribution is -1.94. The van der Waals surface area contributed by atoms with Crippen LogP contribution in [0.5, 0.6) is 0 Å². The van der Waals surface area contributed by atoms with Gasteiger partial charge in [0, 0.05) is 17.0 Å². The van der Waals surface area contributed by atoms with Crippen molar-refractivity contribution in [3.8, 4) is 0 Å². The van der Waals surface area contributed by atoms with Gasteiger partial charge in [0.05, 0.1) is 11.4 Å². The van der Waals surface area contributed by atoms with Crippen LogP contribution in [-0.2, 0) is 26.8 Å². The van der Waals surface area contributed by atoms with E-state index in [-0.39, 0.29) is 13.2 Å². The van der Waals surface area contributed by atoms with Crippen LogP contribution in [0.4, 0.5) is 0 Å². The van der Waals surface area contributed by atoms with Crippen molar-refractivity contribution in [2.75, 3.05) is 0 Å². The average molecular weight is 265 g/mol. The highest BCUT2D eigenvalue weighted by molar-refractivity contribution is 7.33. The van der Waals surface area contributed by atoms with Crippen LogP contribution in [-0.4, -0.2) is 19.9 Å². The van der Waals surface area contributed by atoms with Crippen molar-refractivity contribution in [1.29, 1.82) is 0 Å². The number of hydrogen-bond acceptors (Lipinski definition) is 7. The highest BCUT2D eigenvalue weighted by atomic mass is 31.1. The lowest BCUT2D eigenvalue weighted by molar-refractivity contribution is 0.209. The van der Waals surface area contributed by atoms with Crippen LogP contribution < -0.4 is 0 Å². The molecule has 0 aromatic carbocycles. The SMILES string of the molecule is O=[P+](OCc1ccncn1)OCc1ccncn1. The topological polar surface area (TPSA) is 87.1 Å². The minimum atomic E-state index is -2.20. The van der Waals surface area contributed by atoms with Gasteiger partial charge in [0.25, 0.3) is 0 Å². The summed E-state index contributed by atoms with van der Waals surface area (Å²) in [5, 5.41) is 0. The van der Waals surface area contributed by atoms with Crippen molar-refractivity contribution >= 4 is 8.25 Å². The van der Waals surface area contributed by atoms with Crippen LogP contribution >= 0.6 is 8.25 Å². The maximum Gasteiger partial charge on any atom is 0.698 e. The van der Waals surface area contributed by atoms with Crippen molar-refractivity contribution in [2.45, 2.75) is 13.2 Å². The van der Waals surface area contributed by atoms with Gasteiger partial charge in [0.2, 0.25) is 0 Å². The summed E-state index contributed by atoms with van der Waals surface area (Å²) in [6.45, 7) is 0.225. The van der Waals surface area contributed by atoms with Gasteiger partial charge in [-0.15, -0.1) is 9.05 Å². The third-order valence-electron chi connectivity index (χ3n) is 1.92. The Morgan fingerprint density at radius 1 is 0.944 bits per heavy atom. The first-order chi connectivity index (χ1) is 8.84. The summed E-state index contributed by atoms with van der Waals surface area (Å²) in [7, 11) is -2.20. The van der Waals surface area contributed by atoms with Gasteiger partial charge in [0.1, 0.15) is 25.9 Å². The van der Waals surface area contributed by atoms with Gasteiger partial charge in [-0.25, -0.2) is 19.9 Å². The Balaban J connectivity index is 1.73. The molecule has 0 N–H and O–H groups in total. The molecule has 0 bridgehead atoms. The highest BCUT2D eigenvalue weighted by Crippen LogP contribution is 2.26. The smallest absolute Gasteiger partial charge is 0.245 e. The average Bonchev–Trinajstić information content (AvgIpc) is 2.45. The van der Waals surface area contributed by atoms with Gasteiger partial charge in [-0.1, -0.05) is 0 Å². The zero-order chi connectivity index (χ0) is 12.6. The number of rotatable bonds is 6. The predicted octanol–water partition coefficient (Wildman–Crippen LogP) is 1.66. The maximum absolute atomic E-state index is 11.4. The summed E-state index contributed by atoms with van der Waals surface area (Å²) in [6.07, 6.45) is 5.96. The molecule has 18 heavy (non-hydrogen) atoms. The molecule has 2 rings (SSSR count). The first-order valence-electron chi connectivity index (χ1n) is 5.07. The van der Waals surface area contributed by atoms with E-state index in [0.717, 1.165) is 0 Å². The molecular formula is C10H10N4O3P+. The Labute approximate surface area is 104 Å². The van der Waals surface area contributed by atoms with Gasteiger partial charge < -0.3 is 0 Å². The monoisotopic (exact) mass is 265 g/mol. The molecule has 0 spiro atoms. The van der Waals surface area contributed by atoms with Crippen LogP contribution in [0.25, 0.3) is 0 Å². The lowest BCUT2D eigenvalue weighted by Gasteiger charge is -1.93. The van der Waals surface area contributed by atoms with E-state index in [1.54, 1.807) is 24.5 Å². The molecule has 0 amide bonds. The molecule has 0 saturated carbocycles. The quantitative estimate of drug-likeness (QED) is 0.734. The molecule has 0 aliphatic carbocycles. The van der Waals surface area contributed by atoms with Crippen LogP contribution in [0, 0.1) is 0 Å². The van der Waals surface area contributed by atoms with Crippen molar-refractivity contribution in [3.63, 3.8) is 0 Å². The second-order valence-electron chi connectivity index (χ2n) is 3.17. The summed E-state index contributed by atoms with van der Waals surface area (Å²) in [5.74, 6) is 0. The summed E-state index contributed by atoms with van der Waals surface area (Å²) in [5.41, 5.74) is 1.28. The Morgan fingerprint density at radius 2 is 1.44 bits per heavy atom. The number of nitrogens with zero attached hydrogens (tertiary/aromatic N) is 4. The molecule has 2 heterocycles. The van der Waals surface area contributed by atoms with Crippen LogP contribution in [0.3, 0.4) is 0 Å². The van der Waals surface area contributed by atoms with E-state index in [1.807, 2.05) is 0 Å². The zero-order valence-electron chi connectivity index (χ0n) is 9.34. The third kappa shape index (κ3) is 4.21. The van der Waals surface area contributed by atoms with E-state index in [4.69, 9.17) is 9.05 Å². The van der Waals surface area contributed by atoms with Crippen molar-refractivity contribution < 1.29 is 13.6 Å². The first-order valence-corrected chi connectivity index (χ1v) is 6.17. The molecule has 92 valence electrons. The molecule has 0 saturated heterocycles. The third-order valence-corrected chi connectivity index (χ3v) is 2.60. The molecule has 0 aliphatic rings. The van der Waals surface area contributed by atoms with Crippen molar-refractivity contribution in [1.82, 2.24) is 19.9 Å². The van der Waals surface area contributed by atoms with Crippen molar-refractivity contribution in [2.24, 2.45) is 0 Å². The van der Waals surface area contributed by atoms with E-state index in [0.29, 0.717) is 11.4 Å². The fraction of sp³-hybridized carbons (Fsp3) is 0.200. The van der Waals surface area contributed by atoms with E-state index < -0.39 is 8.25 Å². The molecule has 2 aromatic heterocycles. The molecule has 0 fully saturated rings. The molecule has 0 aliphatic heterocycles. The second kappa shape index (κ2) is 6.80. The van der Waals surface area contributed by atoms with E-state index >= 15 is 0 Å². The molecule has 7 nitrogen and oxygen atoms in total. The van der Waals surface area contributed by atoms with E-state index in [2.05, 4.69) is 19.9 Å². The summed E-state index contributed by atoms with van der Waals surface area (Å²) < 4.78 is 21.4. The van der Waals surface area contributed by atoms with Crippen LogP contribution in [0.1, 0.15) is 11.4 Å². The van der Waals surface area contributed by atoms with Gasteiger partial charge in [0.15, 0.2) is 0 Å². The minimum Gasteiger partial charge on any atom is -0.245 e. The Morgan fingerprint density at radius 3 is 1.83 bits per heavy atom.